The maximum atomic E-state index is 12.5. The third-order valence-electron chi connectivity index (χ3n) is 4.92. The number of benzene rings is 2. The molecule has 0 aliphatic carbocycles. The first-order valence-corrected chi connectivity index (χ1v) is 10.1. The third-order valence-corrected chi connectivity index (χ3v) is 5.92. The third kappa shape index (κ3) is 4.33. The van der Waals surface area contributed by atoms with Gasteiger partial charge in [0.05, 0.1) is 6.21 Å². The zero-order valence-corrected chi connectivity index (χ0v) is 18.5. The average Bonchev–Trinajstić information content (AvgIpc) is 2.93. The lowest BCUT2D eigenvalue weighted by Gasteiger charge is -2.13. The zero-order valence-electron chi connectivity index (χ0n) is 16.9. The average molecular weight is 454 g/mol. The molecule has 1 atom stereocenters. The van der Waals surface area contributed by atoms with Gasteiger partial charge in [-0.1, -0.05) is 48.5 Å². The Labute approximate surface area is 179 Å². The van der Waals surface area contributed by atoms with E-state index < -0.39 is 6.10 Å². The molecule has 1 heterocycles. The number of nitrogens with zero attached hydrogens (tertiary/aromatic N) is 2. The van der Waals surface area contributed by atoms with Gasteiger partial charge in [-0.2, -0.15) is 5.10 Å². The van der Waals surface area contributed by atoms with Gasteiger partial charge in [-0.25, -0.2) is 5.43 Å². The summed E-state index contributed by atoms with van der Waals surface area (Å²) in [4.78, 5) is 12.5. The van der Waals surface area contributed by atoms with Gasteiger partial charge < -0.3 is 9.30 Å². The minimum atomic E-state index is -0.712. The molecule has 0 fully saturated rings. The Morgan fingerprint density at radius 3 is 2.38 bits per heavy atom. The van der Waals surface area contributed by atoms with Gasteiger partial charge >= 0.3 is 0 Å². The molecule has 150 valence electrons. The van der Waals surface area contributed by atoms with Gasteiger partial charge in [-0.05, 0) is 53.9 Å². The molecular formula is C23H24BrN3O2. The molecule has 0 aliphatic rings. The number of para-hydroxylation sites is 1. The number of rotatable bonds is 6. The summed E-state index contributed by atoms with van der Waals surface area (Å²) >= 11 is 3.67. The van der Waals surface area contributed by atoms with Gasteiger partial charge in [0.2, 0.25) is 0 Å². The Morgan fingerprint density at radius 1 is 1.07 bits per heavy atom. The summed E-state index contributed by atoms with van der Waals surface area (Å²) in [5, 5.41) is 4.18. The van der Waals surface area contributed by atoms with Crippen LogP contribution in [0.15, 0.2) is 64.2 Å². The molecule has 3 rings (SSSR count). The minimum Gasteiger partial charge on any atom is -0.367 e. The van der Waals surface area contributed by atoms with Crippen molar-refractivity contribution in [2.24, 2.45) is 5.10 Å². The summed E-state index contributed by atoms with van der Waals surface area (Å²) in [7, 11) is 1.51. The predicted molar refractivity (Wildman–Crippen MR) is 120 cm³/mol. The molecule has 5 nitrogen and oxygen atoms in total. The van der Waals surface area contributed by atoms with Crippen LogP contribution in [0.2, 0.25) is 0 Å². The van der Waals surface area contributed by atoms with E-state index in [1.54, 1.807) is 6.21 Å². The van der Waals surface area contributed by atoms with Crippen LogP contribution in [0.5, 0.6) is 0 Å². The maximum Gasteiger partial charge on any atom is 0.273 e. The lowest BCUT2D eigenvalue weighted by atomic mass is 10.1. The summed E-state index contributed by atoms with van der Waals surface area (Å²) in [5.74, 6) is -0.321. The molecule has 0 spiro atoms. The summed E-state index contributed by atoms with van der Waals surface area (Å²) < 4.78 is 8.48. The Bertz CT molecular complexity index is 1040. The largest absolute Gasteiger partial charge is 0.367 e. The van der Waals surface area contributed by atoms with E-state index in [2.05, 4.69) is 57.0 Å². The topological polar surface area (TPSA) is 55.6 Å². The number of methoxy groups -OCH3 is 1. The van der Waals surface area contributed by atoms with Crippen molar-refractivity contribution in [3.63, 3.8) is 0 Å². The van der Waals surface area contributed by atoms with Gasteiger partial charge in [-0.15, -0.1) is 0 Å². The van der Waals surface area contributed by atoms with E-state index in [9.17, 15) is 4.79 Å². The molecule has 1 N–H and O–H groups in total. The van der Waals surface area contributed by atoms with E-state index in [0.29, 0.717) is 0 Å². The van der Waals surface area contributed by atoms with Gasteiger partial charge in [0, 0.05) is 34.2 Å². The monoisotopic (exact) mass is 453 g/mol. The van der Waals surface area contributed by atoms with Gasteiger partial charge in [0.1, 0.15) is 0 Å². The van der Waals surface area contributed by atoms with Crippen LogP contribution in [-0.2, 0) is 9.53 Å². The van der Waals surface area contributed by atoms with Crippen LogP contribution in [0.25, 0.3) is 5.69 Å². The van der Waals surface area contributed by atoms with Crippen molar-refractivity contribution in [2.45, 2.75) is 26.9 Å². The van der Waals surface area contributed by atoms with E-state index in [1.165, 1.54) is 12.7 Å². The number of hydrazone groups is 1. The van der Waals surface area contributed by atoms with Crippen molar-refractivity contribution >= 4 is 28.1 Å². The van der Waals surface area contributed by atoms with E-state index in [0.717, 1.165) is 32.7 Å². The second kappa shape index (κ2) is 9.20. The lowest BCUT2D eigenvalue weighted by molar-refractivity contribution is -0.131. The fraction of sp³-hybridized carbons (Fsp3) is 0.217. The first-order chi connectivity index (χ1) is 14.0. The van der Waals surface area contributed by atoms with Crippen LogP contribution < -0.4 is 5.43 Å². The summed E-state index contributed by atoms with van der Waals surface area (Å²) in [6.07, 6.45) is 0.952. The SMILES string of the molecule is CO[C@@H](C(=O)N/N=C\c1c(Br)c(C)n(-c2ccccc2C)c1C)c1ccccc1. The molecule has 6 heteroatoms. The lowest BCUT2D eigenvalue weighted by Crippen LogP contribution is -2.26. The maximum absolute atomic E-state index is 12.5. The Kier molecular flexibility index (Phi) is 6.67. The number of carbonyl (C=O) groups is 1. The van der Waals surface area contributed by atoms with E-state index in [1.807, 2.05) is 49.4 Å². The number of aryl methyl sites for hydroxylation is 1. The molecule has 0 bridgehead atoms. The van der Waals surface area contributed by atoms with Crippen LogP contribution in [0.1, 0.15) is 34.2 Å². The van der Waals surface area contributed by atoms with Crippen molar-refractivity contribution in [3.05, 3.63) is 87.1 Å². The molecule has 3 aromatic rings. The molecule has 0 unspecified atom stereocenters. The number of ether oxygens (including phenoxy) is 1. The highest BCUT2D eigenvalue weighted by Crippen LogP contribution is 2.30. The molecule has 0 aliphatic heterocycles. The quantitative estimate of drug-likeness (QED) is 0.421. The van der Waals surface area contributed by atoms with Gasteiger partial charge in [0.15, 0.2) is 6.10 Å². The fourth-order valence-corrected chi connectivity index (χ4v) is 3.96. The number of hydrogen-bond acceptors (Lipinski definition) is 3. The highest BCUT2D eigenvalue weighted by molar-refractivity contribution is 9.10. The Balaban J connectivity index is 1.84. The summed E-state index contributed by atoms with van der Waals surface area (Å²) in [6, 6.07) is 17.6. The van der Waals surface area contributed by atoms with Gasteiger partial charge in [-0.3, -0.25) is 4.79 Å². The van der Waals surface area contributed by atoms with Crippen molar-refractivity contribution in [3.8, 4) is 5.69 Å². The van der Waals surface area contributed by atoms with Gasteiger partial charge in [0.25, 0.3) is 5.91 Å². The molecule has 2 aromatic carbocycles. The molecular weight excluding hydrogens is 430 g/mol. The second-order valence-electron chi connectivity index (χ2n) is 6.78. The molecule has 0 saturated carbocycles. The smallest absolute Gasteiger partial charge is 0.273 e. The molecule has 1 amide bonds. The standard InChI is InChI=1S/C23H24BrN3O2/c1-15-10-8-9-13-20(15)27-16(2)19(21(24)17(27)3)14-25-26-23(28)22(29-4)18-11-6-5-7-12-18/h5-14,22H,1-4H3,(H,26,28)/b25-14-/t22-/m1/s1. The van der Waals surface area contributed by atoms with Crippen LogP contribution >= 0.6 is 15.9 Å². The van der Waals surface area contributed by atoms with Crippen LogP contribution in [0.4, 0.5) is 0 Å². The number of nitrogens with one attached hydrogen (secondary N) is 1. The highest BCUT2D eigenvalue weighted by Gasteiger charge is 2.20. The predicted octanol–water partition coefficient (Wildman–Crippen LogP) is 5.00. The number of carbonyl (C=O) groups excluding carboxylic acids is 1. The van der Waals surface area contributed by atoms with Crippen molar-refractivity contribution < 1.29 is 9.53 Å². The van der Waals surface area contributed by atoms with E-state index >= 15 is 0 Å². The van der Waals surface area contributed by atoms with Crippen molar-refractivity contribution in [1.82, 2.24) is 9.99 Å². The molecule has 0 saturated heterocycles. The molecule has 29 heavy (non-hydrogen) atoms. The number of hydrogen-bond donors (Lipinski definition) is 1. The highest BCUT2D eigenvalue weighted by atomic mass is 79.9. The van der Waals surface area contributed by atoms with Crippen LogP contribution in [0, 0.1) is 20.8 Å². The number of halogens is 1. The van der Waals surface area contributed by atoms with Crippen LogP contribution in [-0.4, -0.2) is 23.8 Å². The first-order valence-electron chi connectivity index (χ1n) is 9.29. The van der Waals surface area contributed by atoms with Crippen molar-refractivity contribution in [2.75, 3.05) is 7.11 Å². The minimum absolute atomic E-state index is 0.321. The first kappa shape index (κ1) is 21.0. The molecule has 1 aromatic heterocycles. The Morgan fingerprint density at radius 2 is 1.72 bits per heavy atom. The number of aromatic nitrogens is 1. The summed E-state index contributed by atoms with van der Waals surface area (Å²) in [6.45, 7) is 6.18. The molecule has 0 radical (unpaired) electrons. The zero-order chi connectivity index (χ0) is 21.0. The second-order valence-corrected chi connectivity index (χ2v) is 7.57. The van der Waals surface area contributed by atoms with Crippen molar-refractivity contribution in [1.29, 1.82) is 0 Å². The van der Waals surface area contributed by atoms with E-state index in [-0.39, 0.29) is 5.91 Å². The van der Waals surface area contributed by atoms with E-state index in [4.69, 9.17) is 4.74 Å². The number of amides is 1. The summed E-state index contributed by atoms with van der Waals surface area (Å²) in [5.41, 5.74) is 8.70. The Hall–Kier alpha value is -2.70. The fourth-order valence-electron chi connectivity index (χ4n) is 3.39. The normalized spacial score (nSPS) is 12.3. The van der Waals surface area contributed by atoms with Crippen LogP contribution in [0.3, 0.4) is 0 Å².